The van der Waals surface area contributed by atoms with Gasteiger partial charge in [0.25, 0.3) is 0 Å². The predicted octanol–water partition coefficient (Wildman–Crippen LogP) is 4.31. The molecular weight excluding hydrogens is 429 g/mol. The molecule has 0 radical (unpaired) electrons. The van der Waals surface area contributed by atoms with Crippen molar-refractivity contribution in [1.29, 1.82) is 0 Å². The van der Waals surface area contributed by atoms with E-state index in [1.807, 2.05) is 38.2 Å². The van der Waals surface area contributed by atoms with Crippen LogP contribution >= 0.6 is 22.6 Å². The van der Waals surface area contributed by atoms with Crippen LogP contribution in [0.25, 0.3) is 22.4 Å². The molecule has 6 nitrogen and oxygen atoms in total. The van der Waals surface area contributed by atoms with Crippen molar-refractivity contribution in [2.75, 3.05) is 0 Å². The number of hydrogen-bond acceptors (Lipinski definition) is 5. The summed E-state index contributed by atoms with van der Waals surface area (Å²) in [5, 5.41) is 4.02. The van der Waals surface area contributed by atoms with Gasteiger partial charge in [-0.1, -0.05) is 11.2 Å². The summed E-state index contributed by atoms with van der Waals surface area (Å²) < 4.78 is 8.46. The molecule has 0 spiro atoms. The van der Waals surface area contributed by atoms with E-state index in [-0.39, 0.29) is 6.04 Å². The fourth-order valence-corrected chi connectivity index (χ4v) is 3.68. The summed E-state index contributed by atoms with van der Waals surface area (Å²) in [6.45, 7) is 5.92. The minimum atomic E-state index is 0.0569. The molecule has 0 bridgehead atoms. The molecule has 7 heteroatoms. The van der Waals surface area contributed by atoms with Crippen LogP contribution in [-0.4, -0.2) is 24.7 Å². The van der Waals surface area contributed by atoms with E-state index in [9.17, 15) is 0 Å². The molecule has 0 saturated carbocycles. The number of hydrogen-bond donors (Lipinski definition) is 0. The second-order valence-electron chi connectivity index (χ2n) is 5.94. The Balaban J connectivity index is 1.90. The lowest BCUT2D eigenvalue weighted by molar-refractivity contribution is 0.393. The summed E-state index contributed by atoms with van der Waals surface area (Å²) in [7, 11) is 0. The highest BCUT2D eigenvalue weighted by Crippen LogP contribution is 2.30. The summed E-state index contributed by atoms with van der Waals surface area (Å²) in [5.41, 5.74) is 5.20. The van der Waals surface area contributed by atoms with E-state index in [4.69, 9.17) is 9.51 Å². The lowest BCUT2D eigenvalue weighted by Crippen LogP contribution is -2.08. The fraction of sp³-hybridized carbons (Fsp3) is 0.222. The maximum atomic E-state index is 5.28. The number of fused-ring (bicyclic) bond motifs is 1. The molecule has 0 aliphatic heterocycles. The molecule has 126 valence electrons. The van der Waals surface area contributed by atoms with Gasteiger partial charge in [-0.25, -0.2) is 9.97 Å². The fourth-order valence-electron chi connectivity index (χ4n) is 3.00. The molecule has 0 fully saturated rings. The van der Waals surface area contributed by atoms with E-state index in [0.717, 1.165) is 43.1 Å². The molecule has 4 aromatic rings. The second kappa shape index (κ2) is 6.21. The highest BCUT2D eigenvalue weighted by atomic mass is 127. The first kappa shape index (κ1) is 16.2. The first-order valence-corrected chi connectivity index (χ1v) is 9.01. The van der Waals surface area contributed by atoms with E-state index in [1.54, 1.807) is 6.20 Å². The van der Waals surface area contributed by atoms with Crippen molar-refractivity contribution in [2.45, 2.75) is 26.8 Å². The largest absolute Gasteiger partial charge is 0.361 e. The van der Waals surface area contributed by atoms with E-state index in [2.05, 4.69) is 55.4 Å². The summed E-state index contributed by atoms with van der Waals surface area (Å²) >= 11 is 2.30. The first-order chi connectivity index (χ1) is 12.1. The lowest BCUT2D eigenvalue weighted by Gasteiger charge is -2.14. The number of aryl methyl sites for hydroxylation is 2. The maximum Gasteiger partial charge on any atom is 0.161 e. The average Bonchev–Trinajstić information content (AvgIpc) is 3.14. The van der Waals surface area contributed by atoms with Crippen LogP contribution in [0.4, 0.5) is 0 Å². The molecule has 0 aliphatic rings. The molecule has 1 atom stereocenters. The minimum Gasteiger partial charge on any atom is -0.361 e. The number of nitrogens with zero attached hydrogens (tertiary/aromatic N) is 5. The molecule has 25 heavy (non-hydrogen) atoms. The Hall–Kier alpha value is -2.29. The van der Waals surface area contributed by atoms with E-state index in [1.165, 1.54) is 0 Å². The van der Waals surface area contributed by atoms with Crippen molar-refractivity contribution in [3.63, 3.8) is 0 Å². The van der Waals surface area contributed by atoms with Gasteiger partial charge in [-0.2, -0.15) is 0 Å². The van der Waals surface area contributed by atoms with Crippen LogP contribution in [0.2, 0.25) is 0 Å². The molecule has 0 unspecified atom stereocenters. The average molecular weight is 445 g/mol. The molecular formula is C18H16IN5O. The van der Waals surface area contributed by atoms with Crippen LogP contribution in [-0.2, 0) is 0 Å². The molecule has 0 aliphatic carbocycles. The minimum absolute atomic E-state index is 0.0569. The van der Waals surface area contributed by atoms with Gasteiger partial charge in [-0.15, -0.1) is 0 Å². The van der Waals surface area contributed by atoms with Crippen molar-refractivity contribution in [1.82, 2.24) is 24.7 Å². The standard InChI is InChI=1S/C18H16IN5O/c1-10-16(12(3)25-23-10)15-8-21-17-13(19)9-24(18(17)22-15)11(2)14-6-4-5-7-20-14/h4-9,11H,1-3H3/t11-/m0/s1. The molecule has 0 amide bonds. The van der Waals surface area contributed by atoms with Gasteiger partial charge in [0.05, 0.1) is 38.5 Å². The molecule has 0 N–H and O–H groups in total. The summed E-state index contributed by atoms with van der Waals surface area (Å²) in [6.07, 6.45) is 5.66. The number of halogens is 1. The van der Waals surface area contributed by atoms with Gasteiger partial charge in [0.1, 0.15) is 11.3 Å². The van der Waals surface area contributed by atoms with Crippen molar-refractivity contribution >= 4 is 33.8 Å². The second-order valence-corrected chi connectivity index (χ2v) is 7.10. The van der Waals surface area contributed by atoms with E-state index < -0.39 is 0 Å². The molecule has 4 rings (SSSR count). The lowest BCUT2D eigenvalue weighted by atomic mass is 10.1. The highest BCUT2D eigenvalue weighted by Gasteiger charge is 2.19. The summed E-state index contributed by atoms with van der Waals surface area (Å²) in [4.78, 5) is 14.0. The molecule has 4 heterocycles. The van der Waals surface area contributed by atoms with E-state index >= 15 is 0 Å². The van der Waals surface area contributed by atoms with Gasteiger partial charge in [-0.05, 0) is 55.5 Å². The number of aromatic nitrogens is 5. The third-order valence-corrected chi connectivity index (χ3v) is 5.09. The topological polar surface area (TPSA) is 69.6 Å². The zero-order valence-electron chi connectivity index (χ0n) is 14.1. The highest BCUT2D eigenvalue weighted by molar-refractivity contribution is 14.1. The van der Waals surface area contributed by atoms with Crippen LogP contribution in [0.1, 0.15) is 30.1 Å². The van der Waals surface area contributed by atoms with Crippen LogP contribution in [0.3, 0.4) is 0 Å². The predicted molar refractivity (Wildman–Crippen MR) is 103 cm³/mol. The number of rotatable bonds is 3. The summed E-state index contributed by atoms with van der Waals surface area (Å²) in [5.74, 6) is 0.747. The normalized spacial score (nSPS) is 12.6. The van der Waals surface area contributed by atoms with Crippen LogP contribution in [0.5, 0.6) is 0 Å². The monoisotopic (exact) mass is 445 g/mol. The Kier molecular flexibility index (Phi) is 4.03. The Morgan fingerprint density at radius 3 is 2.72 bits per heavy atom. The Morgan fingerprint density at radius 1 is 1.20 bits per heavy atom. The van der Waals surface area contributed by atoms with Gasteiger partial charge in [0.15, 0.2) is 5.65 Å². The van der Waals surface area contributed by atoms with Crippen LogP contribution < -0.4 is 0 Å². The zero-order valence-corrected chi connectivity index (χ0v) is 16.2. The van der Waals surface area contributed by atoms with Gasteiger partial charge in [-0.3, -0.25) is 4.98 Å². The van der Waals surface area contributed by atoms with Crippen molar-refractivity contribution < 1.29 is 4.52 Å². The smallest absolute Gasteiger partial charge is 0.161 e. The molecule has 0 saturated heterocycles. The zero-order chi connectivity index (χ0) is 17.6. The third kappa shape index (κ3) is 2.72. The SMILES string of the molecule is Cc1noc(C)c1-c1cnc2c(I)cn([C@@H](C)c3ccccn3)c2n1. The molecule has 4 aromatic heterocycles. The molecule has 0 aromatic carbocycles. The Bertz CT molecular complexity index is 1030. The first-order valence-electron chi connectivity index (χ1n) is 7.93. The van der Waals surface area contributed by atoms with Crippen LogP contribution in [0.15, 0.2) is 41.3 Å². The van der Waals surface area contributed by atoms with Crippen molar-refractivity contribution in [3.8, 4) is 11.3 Å². The third-order valence-electron chi connectivity index (χ3n) is 4.30. The quantitative estimate of drug-likeness (QED) is 0.440. The number of pyridine rings is 1. The Morgan fingerprint density at radius 2 is 2.04 bits per heavy atom. The van der Waals surface area contributed by atoms with Gasteiger partial charge in [0.2, 0.25) is 0 Å². The Labute approximate surface area is 158 Å². The van der Waals surface area contributed by atoms with Gasteiger partial charge in [0, 0.05) is 12.4 Å². The maximum absolute atomic E-state index is 5.28. The van der Waals surface area contributed by atoms with E-state index in [0.29, 0.717) is 0 Å². The van der Waals surface area contributed by atoms with Gasteiger partial charge >= 0.3 is 0 Å². The summed E-state index contributed by atoms with van der Waals surface area (Å²) in [6, 6.07) is 6.00. The van der Waals surface area contributed by atoms with Crippen molar-refractivity contribution in [3.05, 3.63) is 57.5 Å². The van der Waals surface area contributed by atoms with Crippen LogP contribution in [0, 0.1) is 17.4 Å². The van der Waals surface area contributed by atoms with Crippen molar-refractivity contribution in [2.24, 2.45) is 0 Å². The van der Waals surface area contributed by atoms with Gasteiger partial charge < -0.3 is 9.09 Å².